The minimum Gasteiger partial charge on any atom is -0.398 e. The van der Waals surface area contributed by atoms with Gasteiger partial charge in [-0.25, -0.2) is 4.98 Å². The molecule has 0 spiro atoms. The van der Waals surface area contributed by atoms with E-state index >= 15 is 0 Å². The fourth-order valence-corrected chi connectivity index (χ4v) is 2.74. The predicted octanol–water partition coefficient (Wildman–Crippen LogP) is 3.41. The lowest BCUT2D eigenvalue weighted by molar-refractivity contribution is 0.429. The van der Waals surface area contributed by atoms with Gasteiger partial charge >= 0.3 is 0 Å². The van der Waals surface area contributed by atoms with Gasteiger partial charge in [0.15, 0.2) is 5.82 Å². The van der Waals surface area contributed by atoms with Crippen LogP contribution in [-0.2, 0) is 0 Å². The molecule has 1 aromatic heterocycles. The van der Waals surface area contributed by atoms with Crippen molar-refractivity contribution in [3.63, 3.8) is 0 Å². The molecule has 19 heavy (non-hydrogen) atoms. The fraction of sp³-hybridized carbons (Fsp3) is 0.467. The number of nitrogens with two attached hydrogens (primary N) is 1. The number of aromatic nitrogens is 3. The molecule has 1 fully saturated rings. The smallest absolute Gasteiger partial charge is 0.181 e. The SMILES string of the molecule is Cc1ccc(-c2n[nH]c(C3CCCCC3)n2)cc1N. The van der Waals surface area contributed by atoms with Gasteiger partial charge in [0, 0.05) is 17.2 Å². The lowest BCUT2D eigenvalue weighted by Crippen LogP contribution is -2.06. The number of benzene rings is 1. The Morgan fingerprint density at radius 2 is 2.00 bits per heavy atom. The first kappa shape index (κ1) is 12.2. The predicted molar refractivity (Wildman–Crippen MR) is 76.8 cm³/mol. The van der Waals surface area contributed by atoms with Crippen molar-refractivity contribution in [3.05, 3.63) is 29.6 Å². The highest BCUT2D eigenvalue weighted by Gasteiger charge is 2.19. The molecule has 0 aliphatic heterocycles. The number of anilines is 1. The van der Waals surface area contributed by atoms with E-state index in [0.29, 0.717) is 5.92 Å². The van der Waals surface area contributed by atoms with Gasteiger partial charge in [0.1, 0.15) is 5.82 Å². The van der Waals surface area contributed by atoms with Gasteiger partial charge in [0.2, 0.25) is 0 Å². The van der Waals surface area contributed by atoms with Crippen molar-refractivity contribution in [2.75, 3.05) is 5.73 Å². The Balaban J connectivity index is 1.85. The Morgan fingerprint density at radius 3 is 2.74 bits per heavy atom. The number of nitrogens with one attached hydrogen (secondary N) is 1. The Hall–Kier alpha value is -1.84. The van der Waals surface area contributed by atoms with Crippen LogP contribution in [0.3, 0.4) is 0 Å². The molecule has 2 aromatic rings. The quantitative estimate of drug-likeness (QED) is 0.809. The van der Waals surface area contributed by atoms with E-state index in [1.807, 2.05) is 25.1 Å². The Morgan fingerprint density at radius 1 is 1.21 bits per heavy atom. The molecule has 0 amide bonds. The normalized spacial score (nSPS) is 16.7. The lowest BCUT2D eigenvalue weighted by Gasteiger charge is -2.18. The van der Waals surface area contributed by atoms with Crippen LogP contribution in [0.4, 0.5) is 5.69 Å². The van der Waals surface area contributed by atoms with Crippen LogP contribution in [0.2, 0.25) is 0 Å². The molecular formula is C15H20N4. The molecule has 1 saturated carbocycles. The van der Waals surface area contributed by atoms with E-state index in [4.69, 9.17) is 5.73 Å². The molecule has 4 heteroatoms. The van der Waals surface area contributed by atoms with E-state index in [9.17, 15) is 0 Å². The highest BCUT2D eigenvalue weighted by atomic mass is 15.2. The maximum atomic E-state index is 5.94. The minimum atomic E-state index is 0.554. The Labute approximate surface area is 113 Å². The van der Waals surface area contributed by atoms with E-state index in [-0.39, 0.29) is 0 Å². The van der Waals surface area contributed by atoms with E-state index in [0.717, 1.165) is 28.5 Å². The third kappa shape index (κ3) is 2.48. The monoisotopic (exact) mass is 256 g/mol. The van der Waals surface area contributed by atoms with E-state index < -0.39 is 0 Å². The molecule has 4 nitrogen and oxygen atoms in total. The van der Waals surface area contributed by atoms with Gasteiger partial charge in [-0.3, -0.25) is 5.10 Å². The number of H-pyrrole nitrogens is 1. The lowest BCUT2D eigenvalue weighted by atomic mass is 9.89. The summed E-state index contributed by atoms with van der Waals surface area (Å²) < 4.78 is 0. The summed E-state index contributed by atoms with van der Waals surface area (Å²) in [6.07, 6.45) is 6.41. The summed E-state index contributed by atoms with van der Waals surface area (Å²) in [5.41, 5.74) is 8.81. The molecular weight excluding hydrogens is 236 g/mol. The zero-order chi connectivity index (χ0) is 13.2. The molecule has 0 saturated heterocycles. The van der Waals surface area contributed by atoms with Gasteiger partial charge in [-0.05, 0) is 31.4 Å². The topological polar surface area (TPSA) is 67.6 Å². The first-order valence-electron chi connectivity index (χ1n) is 7.03. The molecule has 1 aliphatic rings. The zero-order valence-electron chi connectivity index (χ0n) is 11.3. The average molecular weight is 256 g/mol. The van der Waals surface area contributed by atoms with Crippen LogP contribution in [0.1, 0.15) is 49.4 Å². The maximum absolute atomic E-state index is 5.94. The standard InChI is InChI=1S/C15H20N4/c1-10-7-8-12(9-13(10)16)15-17-14(18-19-15)11-5-3-2-4-6-11/h7-9,11H,2-6,16H2,1H3,(H,17,18,19). The molecule has 0 unspecified atom stereocenters. The summed E-state index contributed by atoms with van der Waals surface area (Å²) >= 11 is 0. The minimum absolute atomic E-state index is 0.554. The first-order chi connectivity index (χ1) is 9.24. The van der Waals surface area contributed by atoms with Gasteiger partial charge < -0.3 is 5.73 Å². The largest absolute Gasteiger partial charge is 0.398 e. The van der Waals surface area contributed by atoms with Crippen LogP contribution >= 0.6 is 0 Å². The second kappa shape index (κ2) is 5.03. The van der Waals surface area contributed by atoms with Gasteiger partial charge in [0.25, 0.3) is 0 Å². The number of nitrogens with zero attached hydrogens (tertiary/aromatic N) is 2. The Kier molecular flexibility index (Phi) is 3.23. The molecule has 100 valence electrons. The van der Waals surface area contributed by atoms with Crippen LogP contribution in [0, 0.1) is 6.92 Å². The van der Waals surface area contributed by atoms with Crippen molar-refractivity contribution >= 4 is 5.69 Å². The number of aromatic amines is 1. The molecule has 1 aromatic carbocycles. The zero-order valence-corrected chi connectivity index (χ0v) is 11.3. The number of aryl methyl sites for hydroxylation is 1. The molecule has 0 radical (unpaired) electrons. The molecule has 3 rings (SSSR count). The summed E-state index contributed by atoms with van der Waals surface area (Å²) in [5, 5.41) is 7.45. The number of hydrogen-bond acceptors (Lipinski definition) is 3. The van der Waals surface area contributed by atoms with Crippen LogP contribution < -0.4 is 5.73 Å². The van der Waals surface area contributed by atoms with Gasteiger partial charge in [0.05, 0.1) is 0 Å². The highest BCUT2D eigenvalue weighted by molar-refractivity contribution is 5.63. The van der Waals surface area contributed by atoms with Crippen LogP contribution in [0.5, 0.6) is 0 Å². The van der Waals surface area contributed by atoms with Crippen molar-refractivity contribution < 1.29 is 0 Å². The summed E-state index contributed by atoms with van der Waals surface area (Å²) in [7, 11) is 0. The molecule has 3 N–H and O–H groups in total. The second-order valence-electron chi connectivity index (χ2n) is 5.45. The van der Waals surface area contributed by atoms with E-state index in [1.54, 1.807) is 0 Å². The van der Waals surface area contributed by atoms with Crippen molar-refractivity contribution in [1.82, 2.24) is 15.2 Å². The molecule has 1 aliphatic carbocycles. The van der Waals surface area contributed by atoms with Gasteiger partial charge in [-0.2, -0.15) is 5.10 Å². The van der Waals surface area contributed by atoms with Crippen molar-refractivity contribution in [3.8, 4) is 11.4 Å². The summed E-state index contributed by atoms with van der Waals surface area (Å²) in [4.78, 5) is 4.65. The molecule has 0 bridgehead atoms. The number of rotatable bonds is 2. The van der Waals surface area contributed by atoms with Crippen LogP contribution in [0.25, 0.3) is 11.4 Å². The highest BCUT2D eigenvalue weighted by Crippen LogP contribution is 2.31. The third-order valence-corrected chi connectivity index (χ3v) is 4.03. The second-order valence-corrected chi connectivity index (χ2v) is 5.45. The molecule has 0 atom stereocenters. The average Bonchev–Trinajstić information content (AvgIpc) is 2.93. The van der Waals surface area contributed by atoms with Crippen molar-refractivity contribution in [2.24, 2.45) is 0 Å². The number of hydrogen-bond donors (Lipinski definition) is 2. The van der Waals surface area contributed by atoms with Gasteiger partial charge in [-0.15, -0.1) is 0 Å². The third-order valence-electron chi connectivity index (χ3n) is 4.03. The van der Waals surface area contributed by atoms with E-state index in [2.05, 4.69) is 15.2 Å². The maximum Gasteiger partial charge on any atom is 0.181 e. The van der Waals surface area contributed by atoms with Crippen LogP contribution in [-0.4, -0.2) is 15.2 Å². The van der Waals surface area contributed by atoms with Crippen molar-refractivity contribution in [2.45, 2.75) is 44.9 Å². The number of nitrogen functional groups attached to an aromatic ring is 1. The summed E-state index contributed by atoms with van der Waals surface area (Å²) in [6, 6.07) is 5.99. The van der Waals surface area contributed by atoms with Gasteiger partial charge in [-0.1, -0.05) is 31.4 Å². The summed E-state index contributed by atoms with van der Waals surface area (Å²) in [6.45, 7) is 2.00. The van der Waals surface area contributed by atoms with Crippen molar-refractivity contribution in [1.29, 1.82) is 0 Å². The van der Waals surface area contributed by atoms with E-state index in [1.165, 1.54) is 32.1 Å². The molecule has 1 heterocycles. The van der Waals surface area contributed by atoms with Crippen LogP contribution in [0.15, 0.2) is 18.2 Å². The first-order valence-corrected chi connectivity index (χ1v) is 7.03. The fourth-order valence-electron chi connectivity index (χ4n) is 2.74. The Bertz CT molecular complexity index is 567. The summed E-state index contributed by atoms with van der Waals surface area (Å²) in [5.74, 6) is 2.35.